The van der Waals surface area contributed by atoms with Crippen molar-refractivity contribution in [2.75, 3.05) is 12.9 Å². The summed E-state index contributed by atoms with van der Waals surface area (Å²) >= 11 is 13.3. The standard InChI is InChI=1S/C17H15Cl2NO3S/c1-24-13-6-7-15(19)14(8-13)17(22)23-10-16(21)20-9-11-2-4-12(18)5-3-11/h2-8H,9-10H2,1H3,(H,20,21). The van der Waals surface area contributed by atoms with Crippen LogP contribution in [0.3, 0.4) is 0 Å². The van der Waals surface area contributed by atoms with Crippen LogP contribution in [-0.2, 0) is 16.1 Å². The van der Waals surface area contributed by atoms with E-state index in [0.717, 1.165) is 10.5 Å². The molecule has 2 rings (SSSR count). The first kappa shape index (κ1) is 18.6. The predicted molar refractivity (Wildman–Crippen MR) is 96.8 cm³/mol. The second kappa shape index (κ2) is 8.97. The fourth-order valence-electron chi connectivity index (χ4n) is 1.85. The first-order chi connectivity index (χ1) is 11.5. The Balaban J connectivity index is 1.85. The van der Waals surface area contributed by atoms with Gasteiger partial charge in [0.1, 0.15) is 0 Å². The zero-order chi connectivity index (χ0) is 17.5. The van der Waals surface area contributed by atoms with Crippen molar-refractivity contribution in [1.29, 1.82) is 0 Å². The summed E-state index contributed by atoms with van der Waals surface area (Å²) in [6, 6.07) is 12.2. The van der Waals surface area contributed by atoms with Crippen molar-refractivity contribution in [3.8, 4) is 0 Å². The van der Waals surface area contributed by atoms with E-state index < -0.39 is 11.9 Å². The van der Waals surface area contributed by atoms with Crippen molar-refractivity contribution >= 4 is 46.8 Å². The van der Waals surface area contributed by atoms with Gasteiger partial charge in [0.05, 0.1) is 10.6 Å². The molecule has 0 saturated carbocycles. The van der Waals surface area contributed by atoms with Crippen LogP contribution in [0, 0.1) is 0 Å². The van der Waals surface area contributed by atoms with Crippen molar-refractivity contribution in [3.05, 3.63) is 63.6 Å². The number of carbonyl (C=O) groups is 2. The Hall–Kier alpha value is -1.69. The lowest BCUT2D eigenvalue weighted by Crippen LogP contribution is -2.28. The lowest BCUT2D eigenvalue weighted by atomic mass is 10.2. The van der Waals surface area contributed by atoms with Crippen LogP contribution in [0.1, 0.15) is 15.9 Å². The normalized spacial score (nSPS) is 10.3. The van der Waals surface area contributed by atoms with Gasteiger partial charge in [0.25, 0.3) is 5.91 Å². The molecule has 24 heavy (non-hydrogen) atoms. The molecule has 0 saturated heterocycles. The van der Waals surface area contributed by atoms with E-state index >= 15 is 0 Å². The summed E-state index contributed by atoms with van der Waals surface area (Å²) in [6.07, 6.45) is 1.89. The van der Waals surface area contributed by atoms with Crippen molar-refractivity contribution in [2.45, 2.75) is 11.4 Å². The second-order valence-corrected chi connectivity index (χ2v) is 6.55. The van der Waals surface area contributed by atoms with Crippen LogP contribution in [0.5, 0.6) is 0 Å². The monoisotopic (exact) mass is 383 g/mol. The van der Waals surface area contributed by atoms with Gasteiger partial charge in [-0.3, -0.25) is 4.79 Å². The van der Waals surface area contributed by atoms with Crippen LogP contribution in [0.25, 0.3) is 0 Å². The number of hydrogen-bond acceptors (Lipinski definition) is 4. The van der Waals surface area contributed by atoms with E-state index in [-0.39, 0.29) is 12.2 Å². The number of nitrogens with one attached hydrogen (secondary N) is 1. The average Bonchev–Trinajstić information content (AvgIpc) is 2.59. The molecule has 0 aromatic heterocycles. The van der Waals surface area contributed by atoms with Gasteiger partial charge >= 0.3 is 5.97 Å². The highest BCUT2D eigenvalue weighted by atomic mass is 35.5. The third-order valence-electron chi connectivity index (χ3n) is 3.13. The Morgan fingerprint density at radius 2 is 1.83 bits per heavy atom. The molecule has 0 radical (unpaired) electrons. The molecular formula is C17H15Cl2NO3S. The maximum Gasteiger partial charge on any atom is 0.340 e. The summed E-state index contributed by atoms with van der Waals surface area (Å²) in [6.45, 7) is -0.0392. The maximum atomic E-state index is 12.0. The summed E-state index contributed by atoms with van der Waals surface area (Å²) in [5.74, 6) is -1.02. The van der Waals surface area contributed by atoms with Gasteiger partial charge in [-0.05, 0) is 42.2 Å². The minimum Gasteiger partial charge on any atom is -0.452 e. The summed E-state index contributed by atoms with van der Waals surface area (Å²) in [5.41, 5.74) is 1.14. The molecule has 4 nitrogen and oxygen atoms in total. The number of esters is 1. The molecule has 0 heterocycles. The molecule has 0 unspecified atom stereocenters. The molecule has 0 atom stereocenters. The number of carbonyl (C=O) groups excluding carboxylic acids is 2. The van der Waals surface area contributed by atoms with E-state index in [1.807, 2.05) is 24.5 Å². The molecule has 2 aromatic rings. The first-order valence-corrected chi connectivity index (χ1v) is 8.99. The van der Waals surface area contributed by atoms with E-state index in [4.69, 9.17) is 27.9 Å². The number of hydrogen-bond donors (Lipinski definition) is 1. The van der Waals surface area contributed by atoms with E-state index in [2.05, 4.69) is 5.32 Å². The number of amides is 1. The highest BCUT2D eigenvalue weighted by molar-refractivity contribution is 7.98. The molecule has 1 amide bonds. The third-order valence-corrected chi connectivity index (χ3v) is 4.44. The summed E-state index contributed by atoms with van der Waals surface area (Å²) in [7, 11) is 0. The van der Waals surface area contributed by atoms with Crippen LogP contribution in [0.2, 0.25) is 10.0 Å². The zero-order valence-electron chi connectivity index (χ0n) is 12.8. The van der Waals surface area contributed by atoms with Crippen molar-refractivity contribution in [3.63, 3.8) is 0 Å². The summed E-state index contributed by atoms with van der Waals surface area (Å²) in [5, 5.41) is 3.59. The molecule has 0 fully saturated rings. The van der Waals surface area contributed by atoms with Crippen LogP contribution in [0.4, 0.5) is 0 Å². The van der Waals surface area contributed by atoms with Gasteiger partial charge in [0.15, 0.2) is 6.61 Å². The van der Waals surface area contributed by atoms with E-state index in [1.165, 1.54) is 11.8 Å². The van der Waals surface area contributed by atoms with Gasteiger partial charge in [0.2, 0.25) is 0 Å². The van der Waals surface area contributed by atoms with Gasteiger partial charge in [0, 0.05) is 16.5 Å². The Kier molecular flexibility index (Phi) is 6.97. The van der Waals surface area contributed by atoms with Gasteiger partial charge in [-0.2, -0.15) is 0 Å². The maximum absolute atomic E-state index is 12.0. The average molecular weight is 384 g/mol. The molecule has 0 spiro atoms. The highest BCUT2D eigenvalue weighted by Crippen LogP contribution is 2.23. The summed E-state index contributed by atoms with van der Waals surface area (Å²) in [4.78, 5) is 24.7. The Bertz CT molecular complexity index is 735. The van der Waals surface area contributed by atoms with Crippen molar-refractivity contribution < 1.29 is 14.3 Å². The van der Waals surface area contributed by atoms with Gasteiger partial charge < -0.3 is 10.1 Å². The molecule has 1 N–H and O–H groups in total. The largest absolute Gasteiger partial charge is 0.452 e. The molecule has 0 aliphatic carbocycles. The predicted octanol–water partition coefficient (Wildman–Crippen LogP) is 4.19. The Labute approximate surface area is 154 Å². The highest BCUT2D eigenvalue weighted by Gasteiger charge is 2.14. The van der Waals surface area contributed by atoms with Crippen molar-refractivity contribution in [1.82, 2.24) is 5.32 Å². The molecule has 126 valence electrons. The zero-order valence-corrected chi connectivity index (χ0v) is 15.2. The number of rotatable bonds is 6. The lowest BCUT2D eigenvalue weighted by Gasteiger charge is -2.08. The Morgan fingerprint density at radius 3 is 2.50 bits per heavy atom. The Morgan fingerprint density at radius 1 is 1.12 bits per heavy atom. The van der Waals surface area contributed by atoms with E-state index in [9.17, 15) is 9.59 Å². The molecule has 0 bridgehead atoms. The quantitative estimate of drug-likeness (QED) is 0.600. The van der Waals surface area contributed by atoms with E-state index in [0.29, 0.717) is 16.6 Å². The fourth-order valence-corrected chi connectivity index (χ4v) is 2.61. The number of ether oxygens (including phenoxy) is 1. The lowest BCUT2D eigenvalue weighted by molar-refractivity contribution is -0.124. The first-order valence-electron chi connectivity index (χ1n) is 7.01. The molecule has 0 aliphatic rings. The summed E-state index contributed by atoms with van der Waals surface area (Å²) < 4.78 is 5.01. The van der Waals surface area contributed by atoms with Gasteiger partial charge in [-0.25, -0.2) is 4.79 Å². The molecular weight excluding hydrogens is 369 g/mol. The second-order valence-electron chi connectivity index (χ2n) is 4.83. The van der Waals surface area contributed by atoms with Gasteiger partial charge in [-0.1, -0.05) is 35.3 Å². The van der Waals surface area contributed by atoms with Crippen LogP contribution < -0.4 is 5.32 Å². The van der Waals surface area contributed by atoms with E-state index in [1.54, 1.807) is 24.3 Å². The van der Waals surface area contributed by atoms with Crippen molar-refractivity contribution in [2.24, 2.45) is 0 Å². The number of benzene rings is 2. The smallest absolute Gasteiger partial charge is 0.340 e. The number of thioether (sulfide) groups is 1. The van der Waals surface area contributed by atoms with Gasteiger partial charge in [-0.15, -0.1) is 11.8 Å². The molecule has 7 heteroatoms. The SMILES string of the molecule is CSc1ccc(Cl)c(C(=O)OCC(=O)NCc2ccc(Cl)cc2)c1. The molecule has 2 aromatic carbocycles. The minimum absolute atomic E-state index is 0.244. The van der Waals surface area contributed by atoms with Crippen LogP contribution >= 0.6 is 35.0 Å². The third kappa shape index (κ3) is 5.44. The minimum atomic E-state index is -0.627. The topological polar surface area (TPSA) is 55.4 Å². The number of halogens is 2. The van der Waals surface area contributed by atoms with Crippen LogP contribution in [0.15, 0.2) is 47.4 Å². The molecule has 0 aliphatic heterocycles. The fraction of sp³-hybridized carbons (Fsp3) is 0.176. The van der Waals surface area contributed by atoms with Crippen LogP contribution in [-0.4, -0.2) is 24.7 Å².